The number of hydrogen-bond acceptors (Lipinski definition) is 4. The molecule has 1 rings (SSSR count). The van der Waals surface area contributed by atoms with Crippen molar-refractivity contribution in [2.45, 2.75) is 38.4 Å². The average Bonchev–Trinajstić information content (AvgIpc) is 2.42. The Labute approximate surface area is 139 Å². The zero-order chi connectivity index (χ0) is 17.0. The van der Waals surface area contributed by atoms with Crippen LogP contribution in [0.2, 0.25) is 0 Å². The van der Waals surface area contributed by atoms with Gasteiger partial charge in [-0.15, -0.1) is 0 Å². The minimum Gasteiger partial charge on any atom is -0.355 e. The van der Waals surface area contributed by atoms with E-state index in [-0.39, 0.29) is 23.1 Å². The van der Waals surface area contributed by atoms with Crippen LogP contribution in [0.25, 0.3) is 0 Å². The molecule has 0 aromatic rings. The lowest BCUT2D eigenvalue weighted by Crippen LogP contribution is -2.49. The van der Waals surface area contributed by atoms with Crippen LogP contribution >= 0.6 is 11.8 Å². The van der Waals surface area contributed by atoms with Gasteiger partial charge in [0.05, 0.1) is 5.92 Å². The van der Waals surface area contributed by atoms with Crippen molar-refractivity contribution in [3.05, 3.63) is 0 Å². The van der Waals surface area contributed by atoms with E-state index in [0.717, 1.165) is 18.6 Å². The highest BCUT2D eigenvalue weighted by molar-refractivity contribution is 8.00. The molecule has 0 aromatic carbocycles. The molecular formula is C14H29N3O3S2. The highest BCUT2D eigenvalue weighted by Gasteiger charge is 2.33. The minimum atomic E-state index is -3.43. The third kappa shape index (κ3) is 6.06. The van der Waals surface area contributed by atoms with Crippen LogP contribution in [-0.4, -0.2) is 67.2 Å². The molecule has 1 amide bonds. The molecule has 8 heteroatoms. The second kappa shape index (κ2) is 7.99. The van der Waals surface area contributed by atoms with Gasteiger partial charge >= 0.3 is 0 Å². The van der Waals surface area contributed by atoms with E-state index in [4.69, 9.17) is 0 Å². The number of carbonyl (C=O) groups is 1. The molecule has 1 saturated heterocycles. The van der Waals surface area contributed by atoms with Crippen molar-refractivity contribution in [1.82, 2.24) is 13.9 Å². The smallest absolute Gasteiger partial charge is 0.281 e. The van der Waals surface area contributed by atoms with Crippen molar-refractivity contribution in [3.8, 4) is 0 Å². The molecule has 0 bridgehead atoms. The van der Waals surface area contributed by atoms with E-state index in [1.807, 2.05) is 0 Å². The lowest BCUT2D eigenvalue weighted by atomic mass is 9.99. The summed E-state index contributed by atoms with van der Waals surface area (Å²) in [4.78, 5) is 12.2. The largest absolute Gasteiger partial charge is 0.355 e. The summed E-state index contributed by atoms with van der Waals surface area (Å²) in [6, 6.07) is 0. The van der Waals surface area contributed by atoms with Gasteiger partial charge in [0.15, 0.2) is 0 Å². The number of rotatable bonds is 6. The molecule has 0 radical (unpaired) electrons. The Kier molecular flexibility index (Phi) is 7.17. The fourth-order valence-corrected chi connectivity index (χ4v) is 4.28. The fraction of sp³-hybridized carbons (Fsp3) is 0.929. The summed E-state index contributed by atoms with van der Waals surface area (Å²) in [5.41, 5.74) is 0. The zero-order valence-electron chi connectivity index (χ0n) is 14.3. The first-order valence-electron chi connectivity index (χ1n) is 7.63. The molecule has 1 atom stereocenters. The van der Waals surface area contributed by atoms with Crippen LogP contribution in [0.5, 0.6) is 0 Å². The predicted molar refractivity (Wildman–Crippen MR) is 92.1 cm³/mol. The third-order valence-corrected chi connectivity index (χ3v) is 6.66. The molecule has 22 heavy (non-hydrogen) atoms. The van der Waals surface area contributed by atoms with Crippen molar-refractivity contribution >= 4 is 27.9 Å². The maximum atomic E-state index is 12.2. The molecule has 130 valence electrons. The van der Waals surface area contributed by atoms with Crippen LogP contribution in [0.3, 0.4) is 0 Å². The Morgan fingerprint density at radius 2 is 2.00 bits per heavy atom. The molecule has 0 aromatic heterocycles. The Morgan fingerprint density at radius 3 is 2.55 bits per heavy atom. The number of piperidine rings is 1. The van der Waals surface area contributed by atoms with Crippen molar-refractivity contribution in [3.63, 3.8) is 0 Å². The van der Waals surface area contributed by atoms with E-state index in [1.165, 1.54) is 22.7 Å². The molecule has 1 aliphatic heterocycles. The van der Waals surface area contributed by atoms with Crippen molar-refractivity contribution in [1.29, 1.82) is 0 Å². The molecule has 1 fully saturated rings. The van der Waals surface area contributed by atoms with Crippen molar-refractivity contribution < 1.29 is 13.2 Å². The molecule has 1 heterocycles. The predicted octanol–water partition coefficient (Wildman–Crippen LogP) is 1.15. The van der Waals surface area contributed by atoms with Gasteiger partial charge in [-0.1, -0.05) is 20.8 Å². The van der Waals surface area contributed by atoms with Crippen LogP contribution in [0, 0.1) is 5.92 Å². The number of thioether (sulfide) groups is 1. The molecule has 0 aliphatic carbocycles. The normalized spacial score (nSPS) is 21.1. The summed E-state index contributed by atoms with van der Waals surface area (Å²) in [5, 5.41) is 2.93. The standard InChI is InChI=1S/C14H29N3O3S2/c1-14(2,3)21-10-8-15-13(18)12-7-6-9-17(11-12)22(19,20)16(4)5/h12H,6-11H2,1-5H3,(H,15,18). The van der Waals surface area contributed by atoms with Crippen LogP contribution in [-0.2, 0) is 15.0 Å². The van der Waals surface area contributed by atoms with Gasteiger partial charge in [-0.25, -0.2) is 0 Å². The Bertz CT molecular complexity index is 472. The van der Waals surface area contributed by atoms with E-state index in [0.29, 0.717) is 13.1 Å². The van der Waals surface area contributed by atoms with Gasteiger partial charge in [0.1, 0.15) is 0 Å². The minimum absolute atomic E-state index is 0.0341. The summed E-state index contributed by atoms with van der Waals surface area (Å²) in [5.74, 6) is 0.582. The number of nitrogens with zero attached hydrogens (tertiary/aromatic N) is 2. The highest BCUT2D eigenvalue weighted by atomic mass is 32.2. The second-order valence-corrected chi connectivity index (χ2v) is 10.8. The number of nitrogens with one attached hydrogen (secondary N) is 1. The third-order valence-electron chi connectivity index (χ3n) is 3.48. The summed E-state index contributed by atoms with van der Waals surface area (Å²) in [7, 11) is -0.395. The first-order valence-corrected chi connectivity index (χ1v) is 10.0. The molecule has 1 N–H and O–H groups in total. The number of carbonyl (C=O) groups excluding carboxylic acids is 1. The van der Waals surface area contributed by atoms with Crippen LogP contribution in [0.15, 0.2) is 0 Å². The van der Waals surface area contributed by atoms with Gasteiger partial charge in [-0.05, 0) is 12.8 Å². The Hall–Kier alpha value is -0.310. The molecule has 1 aliphatic rings. The van der Waals surface area contributed by atoms with Gasteiger partial charge in [-0.2, -0.15) is 28.8 Å². The fourth-order valence-electron chi connectivity index (χ4n) is 2.27. The number of hydrogen-bond donors (Lipinski definition) is 1. The van der Waals surface area contributed by atoms with Crippen molar-refractivity contribution in [2.75, 3.05) is 39.5 Å². The van der Waals surface area contributed by atoms with E-state index in [2.05, 4.69) is 26.1 Å². The average molecular weight is 352 g/mol. The van der Waals surface area contributed by atoms with Crippen molar-refractivity contribution in [2.24, 2.45) is 5.92 Å². The molecule has 1 unspecified atom stereocenters. The Balaban J connectivity index is 2.46. The van der Waals surface area contributed by atoms with Gasteiger partial charge in [-0.3, -0.25) is 4.79 Å². The zero-order valence-corrected chi connectivity index (χ0v) is 15.9. The number of amides is 1. The summed E-state index contributed by atoms with van der Waals surface area (Å²) in [6.45, 7) is 7.82. The van der Waals surface area contributed by atoms with E-state index >= 15 is 0 Å². The molecular weight excluding hydrogens is 322 g/mol. The monoisotopic (exact) mass is 351 g/mol. The van der Waals surface area contributed by atoms with Crippen LogP contribution in [0.1, 0.15) is 33.6 Å². The molecule has 0 spiro atoms. The Morgan fingerprint density at radius 1 is 1.36 bits per heavy atom. The molecule has 6 nitrogen and oxygen atoms in total. The topological polar surface area (TPSA) is 69.7 Å². The lowest BCUT2D eigenvalue weighted by Gasteiger charge is -2.32. The van der Waals surface area contributed by atoms with E-state index in [9.17, 15) is 13.2 Å². The van der Waals surface area contributed by atoms with Crippen LogP contribution < -0.4 is 5.32 Å². The van der Waals surface area contributed by atoms with Gasteiger partial charge < -0.3 is 5.32 Å². The van der Waals surface area contributed by atoms with Gasteiger partial charge in [0.2, 0.25) is 5.91 Å². The SMILES string of the molecule is CN(C)S(=O)(=O)N1CCCC(C(=O)NCCSC(C)(C)C)C1. The lowest BCUT2D eigenvalue weighted by molar-refractivity contribution is -0.125. The molecule has 0 saturated carbocycles. The van der Waals surface area contributed by atoms with E-state index < -0.39 is 10.2 Å². The summed E-state index contributed by atoms with van der Waals surface area (Å²) < 4.78 is 27.1. The highest BCUT2D eigenvalue weighted by Crippen LogP contribution is 2.23. The van der Waals surface area contributed by atoms with Gasteiger partial charge in [0, 0.05) is 44.2 Å². The van der Waals surface area contributed by atoms with Crippen LogP contribution in [0.4, 0.5) is 0 Å². The summed E-state index contributed by atoms with van der Waals surface area (Å²) >= 11 is 1.80. The van der Waals surface area contributed by atoms with E-state index in [1.54, 1.807) is 11.8 Å². The quantitative estimate of drug-likeness (QED) is 0.729. The van der Waals surface area contributed by atoms with Gasteiger partial charge in [0.25, 0.3) is 10.2 Å². The maximum absolute atomic E-state index is 12.2. The first-order chi connectivity index (χ1) is 10.0. The maximum Gasteiger partial charge on any atom is 0.281 e. The summed E-state index contributed by atoms with van der Waals surface area (Å²) in [6.07, 6.45) is 1.47. The first kappa shape index (κ1) is 19.7. The second-order valence-electron chi connectivity index (χ2n) is 6.74.